The van der Waals surface area contributed by atoms with E-state index in [1.54, 1.807) is 12.1 Å². The Morgan fingerprint density at radius 1 is 1.19 bits per heavy atom. The third-order valence-corrected chi connectivity index (χ3v) is 3.47. The highest BCUT2D eigenvalue weighted by molar-refractivity contribution is 9.10. The Kier molecular flexibility index (Phi) is 5.65. The SMILES string of the molecule is CCCOc1ccc(Br)cc1CNc1ccc(C#N)cc1. The second kappa shape index (κ2) is 7.70. The summed E-state index contributed by atoms with van der Waals surface area (Å²) in [6, 6.07) is 15.6. The van der Waals surface area contributed by atoms with Crippen molar-refractivity contribution < 1.29 is 4.74 Å². The summed E-state index contributed by atoms with van der Waals surface area (Å²) in [6.07, 6.45) is 0.985. The van der Waals surface area contributed by atoms with E-state index in [1.807, 2.05) is 24.3 Å². The highest BCUT2D eigenvalue weighted by Gasteiger charge is 2.05. The van der Waals surface area contributed by atoms with Gasteiger partial charge in [0, 0.05) is 22.3 Å². The molecule has 0 aliphatic rings. The first kappa shape index (κ1) is 15.4. The zero-order chi connectivity index (χ0) is 15.1. The monoisotopic (exact) mass is 344 g/mol. The van der Waals surface area contributed by atoms with Crippen LogP contribution in [0.1, 0.15) is 24.5 Å². The minimum Gasteiger partial charge on any atom is -0.493 e. The maximum absolute atomic E-state index is 8.79. The van der Waals surface area contributed by atoms with Gasteiger partial charge in [0.05, 0.1) is 18.2 Å². The Labute approximate surface area is 133 Å². The lowest BCUT2D eigenvalue weighted by Crippen LogP contribution is -2.04. The van der Waals surface area contributed by atoms with E-state index in [1.165, 1.54) is 0 Å². The maximum Gasteiger partial charge on any atom is 0.124 e. The molecule has 4 heteroatoms. The molecule has 2 rings (SSSR count). The Bertz CT molecular complexity index is 632. The van der Waals surface area contributed by atoms with Gasteiger partial charge in [0.1, 0.15) is 5.75 Å². The van der Waals surface area contributed by atoms with E-state index in [2.05, 4.69) is 40.3 Å². The minimum atomic E-state index is 0.662. The minimum absolute atomic E-state index is 0.662. The smallest absolute Gasteiger partial charge is 0.124 e. The van der Waals surface area contributed by atoms with E-state index in [4.69, 9.17) is 10.00 Å². The number of hydrogen-bond acceptors (Lipinski definition) is 3. The second-order valence-electron chi connectivity index (χ2n) is 4.64. The first-order valence-corrected chi connectivity index (χ1v) is 7.67. The number of ether oxygens (including phenoxy) is 1. The van der Waals surface area contributed by atoms with Crippen LogP contribution in [-0.4, -0.2) is 6.61 Å². The molecule has 2 aromatic carbocycles. The second-order valence-corrected chi connectivity index (χ2v) is 5.56. The Hall–Kier alpha value is -1.99. The number of rotatable bonds is 6. The molecule has 0 heterocycles. The van der Waals surface area contributed by atoms with Crippen molar-refractivity contribution in [1.29, 1.82) is 5.26 Å². The third-order valence-electron chi connectivity index (χ3n) is 2.98. The molecule has 3 nitrogen and oxygen atoms in total. The number of hydrogen-bond donors (Lipinski definition) is 1. The fourth-order valence-electron chi connectivity index (χ4n) is 1.90. The highest BCUT2D eigenvalue weighted by atomic mass is 79.9. The van der Waals surface area contributed by atoms with Gasteiger partial charge in [0.15, 0.2) is 0 Å². The standard InChI is InChI=1S/C17H17BrN2O/c1-2-9-21-17-8-5-15(18)10-14(17)12-20-16-6-3-13(11-19)4-7-16/h3-8,10,20H,2,9,12H2,1H3. The topological polar surface area (TPSA) is 45.0 Å². The van der Waals surface area contributed by atoms with Crippen LogP contribution in [0.4, 0.5) is 5.69 Å². The fourth-order valence-corrected chi connectivity index (χ4v) is 2.31. The fraction of sp³-hybridized carbons (Fsp3) is 0.235. The lowest BCUT2D eigenvalue weighted by molar-refractivity contribution is 0.314. The molecule has 1 N–H and O–H groups in total. The molecule has 0 radical (unpaired) electrons. The summed E-state index contributed by atoms with van der Waals surface area (Å²) >= 11 is 3.49. The van der Waals surface area contributed by atoms with Crippen LogP contribution in [0.3, 0.4) is 0 Å². The molecular weight excluding hydrogens is 328 g/mol. The number of anilines is 1. The van der Waals surface area contributed by atoms with Gasteiger partial charge in [-0.15, -0.1) is 0 Å². The number of nitriles is 1. The molecule has 0 aliphatic carbocycles. The van der Waals surface area contributed by atoms with Gasteiger partial charge < -0.3 is 10.1 Å². The van der Waals surface area contributed by atoms with Gasteiger partial charge in [-0.2, -0.15) is 5.26 Å². The molecule has 0 bridgehead atoms. The zero-order valence-corrected chi connectivity index (χ0v) is 13.5. The molecule has 0 atom stereocenters. The average Bonchev–Trinajstić information content (AvgIpc) is 2.52. The van der Waals surface area contributed by atoms with Crippen molar-refractivity contribution in [2.45, 2.75) is 19.9 Å². The van der Waals surface area contributed by atoms with Gasteiger partial charge >= 0.3 is 0 Å². The van der Waals surface area contributed by atoms with Gasteiger partial charge in [0.2, 0.25) is 0 Å². The third kappa shape index (κ3) is 4.51. The van der Waals surface area contributed by atoms with Crippen LogP contribution in [0.2, 0.25) is 0 Å². The molecule has 0 unspecified atom stereocenters. The van der Waals surface area contributed by atoms with E-state index < -0.39 is 0 Å². The maximum atomic E-state index is 8.79. The Morgan fingerprint density at radius 3 is 2.62 bits per heavy atom. The molecule has 108 valence electrons. The van der Waals surface area contributed by atoms with E-state index in [0.717, 1.165) is 27.9 Å². The normalized spacial score (nSPS) is 9.95. The Morgan fingerprint density at radius 2 is 1.95 bits per heavy atom. The molecule has 0 saturated carbocycles. The summed E-state index contributed by atoms with van der Waals surface area (Å²) in [5.41, 5.74) is 2.74. The van der Waals surface area contributed by atoms with Crippen molar-refractivity contribution in [2.75, 3.05) is 11.9 Å². The van der Waals surface area contributed by atoms with E-state index in [9.17, 15) is 0 Å². The first-order chi connectivity index (χ1) is 10.2. The summed E-state index contributed by atoms with van der Waals surface area (Å²) < 4.78 is 6.79. The average molecular weight is 345 g/mol. The van der Waals surface area contributed by atoms with E-state index in [-0.39, 0.29) is 0 Å². The molecule has 0 aromatic heterocycles. The van der Waals surface area contributed by atoms with Crippen molar-refractivity contribution in [3.63, 3.8) is 0 Å². The highest BCUT2D eigenvalue weighted by Crippen LogP contribution is 2.24. The Balaban J connectivity index is 2.07. The molecule has 0 amide bonds. The van der Waals surface area contributed by atoms with Crippen molar-refractivity contribution in [3.05, 3.63) is 58.1 Å². The predicted molar refractivity (Wildman–Crippen MR) is 88.4 cm³/mol. The summed E-state index contributed by atoms with van der Waals surface area (Å²) in [4.78, 5) is 0. The molecule has 0 fully saturated rings. The van der Waals surface area contributed by atoms with Gasteiger partial charge in [-0.25, -0.2) is 0 Å². The van der Waals surface area contributed by atoms with Crippen molar-refractivity contribution in [2.24, 2.45) is 0 Å². The number of benzene rings is 2. The molecular formula is C17H17BrN2O. The summed E-state index contributed by atoms with van der Waals surface area (Å²) in [5, 5.41) is 12.1. The molecule has 2 aromatic rings. The molecule has 0 saturated heterocycles. The number of nitrogens with one attached hydrogen (secondary N) is 1. The molecule has 0 aliphatic heterocycles. The molecule has 21 heavy (non-hydrogen) atoms. The quantitative estimate of drug-likeness (QED) is 0.824. The van der Waals surface area contributed by atoms with Crippen LogP contribution in [0.5, 0.6) is 5.75 Å². The van der Waals surface area contributed by atoms with Crippen LogP contribution < -0.4 is 10.1 Å². The van der Waals surface area contributed by atoms with Gasteiger partial charge in [-0.1, -0.05) is 22.9 Å². The summed E-state index contributed by atoms with van der Waals surface area (Å²) in [5.74, 6) is 0.904. The predicted octanol–water partition coefficient (Wildman–Crippen LogP) is 4.72. The molecule has 0 spiro atoms. The lowest BCUT2D eigenvalue weighted by Gasteiger charge is -2.13. The van der Waals surface area contributed by atoms with Crippen LogP contribution >= 0.6 is 15.9 Å². The van der Waals surface area contributed by atoms with E-state index in [0.29, 0.717) is 18.7 Å². The van der Waals surface area contributed by atoms with Crippen molar-refractivity contribution in [1.82, 2.24) is 0 Å². The first-order valence-electron chi connectivity index (χ1n) is 6.88. The van der Waals surface area contributed by atoms with Crippen molar-refractivity contribution in [3.8, 4) is 11.8 Å². The van der Waals surface area contributed by atoms with Gasteiger partial charge in [-0.3, -0.25) is 0 Å². The zero-order valence-electron chi connectivity index (χ0n) is 11.9. The van der Waals surface area contributed by atoms with Crippen LogP contribution in [0, 0.1) is 11.3 Å². The lowest BCUT2D eigenvalue weighted by atomic mass is 10.2. The van der Waals surface area contributed by atoms with Crippen LogP contribution in [0.15, 0.2) is 46.9 Å². The van der Waals surface area contributed by atoms with Crippen LogP contribution in [0.25, 0.3) is 0 Å². The number of halogens is 1. The number of nitrogens with zero attached hydrogens (tertiary/aromatic N) is 1. The summed E-state index contributed by atoms with van der Waals surface area (Å²) in [7, 11) is 0. The largest absolute Gasteiger partial charge is 0.493 e. The van der Waals surface area contributed by atoms with Crippen molar-refractivity contribution >= 4 is 21.6 Å². The van der Waals surface area contributed by atoms with Gasteiger partial charge in [0.25, 0.3) is 0 Å². The van der Waals surface area contributed by atoms with Crippen LogP contribution in [-0.2, 0) is 6.54 Å². The summed E-state index contributed by atoms with van der Waals surface area (Å²) in [6.45, 7) is 3.48. The van der Waals surface area contributed by atoms with E-state index >= 15 is 0 Å². The van der Waals surface area contributed by atoms with Gasteiger partial charge in [-0.05, 0) is 48.9 Å².